The number of rotatable bonds is 3. The number of hydrogen-bond acceptors (Lipinski definition) is 5. The Balaban J connectivity index is 1.44. The van der Waals surface area contributed by atoms with E-state index in [1.165, 1.54) is 89.4 Å². The molecule has 8 rings (SSSR count). The second kappa shape index (κ2) is 10.2. The van der Waals surface area contributed by atoms with Crippen LogP contribution in [0.5, 0.6) is 0 Å². The molecule has 0 atom stereocenters. The van der Waals surface area contributed by atoms with Crippen LogP contribution < -0.4 is 4.90 Å². The Labute approximate surface area is 310 Å². The monoisotopic (exact) mass is 710 g/mol. The molecule has 3 aliphatic rings. The summed E-state index contributed by atoms with van der Waals surface area (Å²) in [5.41, 5.74) is 15.3. The molecule has 260 valence electrons. The zero-order valence-electron chi connectivity index (χ0n) is 31.8. The van der Waals surface area contributed by atoms with E-state index in [2.05, 4.69) is 130 Å². The first-order valence-electron chi connectivity index (χ1n) is 17.8. The number of nitriles is 1. The number of thiophene rings is 2. The third-order valence-electron chi connectivity index (χ3n) is 11.9. The summed E-state index contributed by atoms with van der Waals surface area (Å²) < 4.78 is 2.20. The van der Waals surface area contributed by atoms with Crippen molar-refractivity contribution in [3.8, 4) is 16.5 Å². The number of aliphatic carboxylic acids is 1. The molecule has 0 unspecified atom stereocenters. The standard InChI is InChI=1S/C45H46N2O2S2/c1-41(2,3)25-16-30-38-32(18-25)45(11,12)33-19-26(42(4,5)6)17-31-39(33)47(38)37-28(43(30,7)8)14-23(15-29(37)44(31,9)10)34-21-36-35(51-34)20-27(50-36)13-24(22-46)40(48)49/h13-21H,1-12H3,(H,48,49)/b24-13-. The van der Waals surface area contributed by atoms with Crippen LogP contribution in [-0.4, -0.2) is 11.1 Å². The smallest absolute Gasteiger partial charge is 0.346 e. The first kappa shape index (κ1) is 33.9. The molecule has 51 heavy (non-hydrogen) atoms. The van der Waals surface area contributed by atoms with E-state index >= 15 is 0 Å². The number of nitrogens with zero attached hydrogens (tertiary/aromatic N) is 2. The maximum atomic E-state index is 11.5. The van der Waals surface area contributed by atoms with E-state index in [4.69, 9.17) is 0 Å². The summed E-state index contributed by atoms with van der Waals surface area (Å²) in [6.45, 7) is 28.5. The third-order valence-corrected chi connectivity index (χ3v) is 14.2. The summed E-state index contributed by atoms with van der Waals surface area (Å²) in [7, 11) is 0. The number of anilines is 3. The van der Waals surface area contributed by atoms with Gasteiger partial charge in [0.05, 0.1) is 17.1 Å². The Morgan fingerprint density at radius 3 is 1.41 bits per heavy atom. The van der Waals surface area contributed by atoms with Crippen molar-refractivity contribution in [1.29, 1.82) is 5.26 Å². The molecule has 0 saturated heterocycles. The lowest BCUT2D eigenvalue weighted by Gasteiger charge is -2.55. The molecule has 0 fully saturated rings. The van der Waals surface area contributed by atoms with Crippen molar-refractivity contribution in [2.75, 3.05) is 4.90 Å². The number of carbonyl (C=O) groups is 1. The number of fused-ring (bicyclic) bond motifs is 1. The van der Waals surface area contributed by atoms with Crippen molar-refractivity contribution in [1.82, 2.24) is 0 Å². The topological polar surface area (TPSA) is 64.3 Å². The highest BCUT2D eigenvalue weighted by Crippen LogP contribution is 2.67. The SMILES string of the molecule is CC(C)(C)c1cc2c3c(c1)C(C)(C)c1cc(C(C)(C)C)cc4c1N3c1c(cc(-c3cc5sc(/C=C(/C#N)C(=O)O)cc5s3)cc1C4(C)C)C2(C)C. The van der Waals surface area contributed by atoms with Gasteiger partial charge in [-0.2, -0.15) is 5.26 Å². The van der Waals surface area contributed by atoms with Gasteiger partial charge >= 0.3 is 5.97 Å². The van der Waals surface area contributed by atoms with Gasteiger partial charge in [0.25, 0.3) is 0 Å². The highest BCUT2D eigenvalue weighted by atomic mass is 32.1. The van der Waals surface area contributed by atoms with Crippen molar-refractivity contribution in [3.63, 3.8) is 0 Å². The summed E-state index contributed by atoms with van der Waals surface area (Å²) >= 11 is 3.27. The van der Waals surface area contributed by atoms with Crippen molar-refractivity contribution in [2.45, 2.75) is 110 Å². The molecule has 0 amide bonds. The van der Waals surface area contributed by atoms with Crippen LogP contribution in [-0.2, 0) is 31.9 Å². The largest absolute Gasteiger partial charge is 0.477 e. The predicted octanol–water partition coefficient (Wildman–Crippen LogP) is 12.6. The molecule has 3 aromatic carbocycles. The predicted molar refractivity (Wildman–Crippen MR) is 215 cm³/mol. The van der Waals surface area contributed by atoms with E-state index in [0.717, 1.165) is 14.3 Å². The molecular formula is C45H46N2O2S2. The molecular weight excluding hydrogens is 665 g/mol. The van der Waals surface area contributed by atoms with E-state index in [-0.39, 0.29) is 32.6 Å². The van der Waals surface area contributed by atoms with E-state index in [1.807, 2.05) is 6.07 Å². The molecule has 5 aromatic rings. The summed E-state index contributed by atoms with van der Waals surface area (Å²) in [6.07, 6.45) is 1.47. The van der Waals surface area contributed by atoms with Gasteiger partial charge in [-0.05, 0) is 91.2 Å². The van der Waals surface area contributed by atoms with Crippen LogP contribution in [0.4, 0.5) is 17.1 Å². The fourth-order valence-corrected chi connectivity index (χ4v) is 11.0. The van der Waals surface area contributed by atoms with Crippen LogP contribution in [0.1, 0.15) is 132 Å². The first-order chi connectivity index (χ1) is 23.6. The van der Waals surface area contributed by atoms with Crippen LogP contribution in [0, 0.1) is 11.3 Å². The van der Waals surface area contributed by atoms with E-state index in [0.29, 0.717) is 0 Å². The van der Waals surface area contributed by atoms with Crippen molar-refractivity contribution in [3.05, 3.63) is 103 Å². The summed E-state index contributed by atoms with van der Waals surface area (Å²) in [4.78, 5) is 16.1. The van der Waals surface area contributed by atoms with Gasteiger partial charge in [0, 0.05) is 35.4 Å². The van der Waals surface area contributed by atoms with Crippen LogP contribution >= 0.6 is 22.7 Å². The van der Waals surface area contributed by atoms with Gasteiger partial charge in [-0.15, -0.1) is 22.7 Å². The summed E-state index contributed by atoms with van der Waals surface area (Å²) in [6, 6.07) is 21.0. The van der Waals surface area contributed by atoms with Crippen LogP contribution in [0.15, 0.2) is 54.1 Å². The van der Waals surface area contributed by atoms with Gasteiger partial charge in [0.15, 0.2) is 0 Å². The van der Waals surface area contributed by atoms with Gasteiger partial charge in [-0.25, -0.2) is 4.79 Å². The molecule has 0 spiro atoms. The Morgan fingerprint density at radius 1 is 0.667 bits per heavy atom. The molecule has 0 saturated carbocycles. The quantitative estimate of drug-likeness (QED) is 0.150. The third kappa shape index (κ3) is 4.63. The molecule has 6 heteroatoms. The zero-order chi connectivity index (χ0) is 37.0. The molecule has 0 radical (unpaired) electrons. The number of carboxylic acids is 1. The molecule has 5 heterocycles. The average molecular weight is 711 g/mol. The maximum Gasteiger partial charge on any atom is 0.346 e. The van der Waals surface area contributed by atoms with Gasteiger partial charge in [0.2, 0.25) is 0 Å². The van der Waals surface area contributed by atoms with Crippen molar-refractivity contribution >= 4 is 61.2 Å². The lowest BCUT2D eigenvalue weighted by molar-refractivity contribution is -0.132. The minimum Gasteiger partial charge on any atom is -0.477 e. The fourth-order valence-electron chi connectivity index (χ4n) is 8.62. The van der Waals surface area contributed by atoms with Crippen LogP contribution in [0.2, 0.25) is 0 Å². The minimum absolute atomic E-state index is 0.0111. The second-order valence-electron chi connectivity index (χ2n) is 18.4. The fraction of sp³-hybridized carbons (Fsp3) is 0.378. The normalized spacial score (nSPS) is 17.7. The van der Waals surface area contributed by atoms with E-state index in [9.17, 15) is 15.2 Å². The first-order valence-corrected chi connectivity index (χ1v) is 19.5. The van der Waals surface area contributed by atoms with E-state index < -0.39 is 5.97 Å². The van der Waals surface area contributed by atoms with Crippen molar-refractivity contribution < 1.29 is 9.90 Å². The van der Waals surface area contributed by atoms with Crippen LogP contribution in [0.3, 0.4) is 0 Å². The molecule has 0 aliphatic carbocycles. The molecule has 1 N–H and O–H groups in total. The van der Waals surface area contributed by atoms with Gasteiger partial charge < -0.3 is 10.0 Å². The molecule has 0 bridgehead atoms. The van der Waals surface area contributed by atoms with Crippen molar-refractivity contribution in [2.24, 2.45) is 0 Å². The Bertz CT molecular complexity index is 2320. The number of benzene rings is 3. The average Bonchev–Trinajstić information content (AvgIpc) is 3.60. The summed E-state index contributed by atoms with van der Waals surface area (Å²) in [5.74, 6) is -1.20. The second-order valence-corrected chi connectivity index (χ2v) is 20.6. The van der Waals surface area contributed by atoms with E-state index in [1.54, 1.807) is 17.4 Å². The lowest BCUT2D eigenvalue weighted by atomic mass is 9.59. The zero-order valence-corrected chi connectivity index (χ0v) is 33.4. The highest BCUT2D eigenvalue weighted by molar-refractivity contribution is 7.29. The van der Waals surface area contributed by atoms with Gasteiger partial charge in [-0.1, -0.05) is 107 Å². The minimum atomic E-state index is -1.20. The Kier molecular flexibility index (Phi) is 6.81. The lowest BCUT2D eigenvalue weighted by Crippen LogP contribution is -2.44. The summed E-state index contributed by atoms with van der Waals surface area (Å²) in [5, 5.41) is 18.7. The Hall–Kier alpha value is -4.18. The number of carboxylic acid groups (broad SMARTS) is 1. The van der Waals surface area contributed by atoms with Gasteiger partial charge in [-0.3, -0.25) is 0 Å². The molecule has 3 aliphatic heterocycles. The van der Waals surface area contributed by atoms with Gasteiger partial charge in [0.1, 0.15) is 11.6 Å². The Morgan fingerprint density at radius 2 is 1.06 bits per heavy atom. The number of hydrogen-bond donors (Lipinski definition) is 1. The molecule has 2 aromatic heterocycles. The van der Waals surface area contributed by atoms with Crippen LogP contribution in [0.25, 0.3) is 25.9 Å². The highest BCUT2D eigenvalue weighted by Gasteiger charge is 2.52. The maximum absolute atomic E-state index is 11.5. The molecule has 4 nitrogen and oxygen atoms in total.